The molecule has 1 aromatic rings. The lowest BCUT2D eigenvalue weighted by atomic mass is 10.1. The molecule has 0 aliphatic rings. The van der Waals surface area contributed by atoms with Crippen molar-refractivity contribution in [2.45, 2.75) is 19.4 Å². The van der Waals surface area contributed by atoms with Gasteiger partial charge in [-0.25, -0.2) is 0 Å². The maximum Gasteiger partial charge on any atom is 0.305 e. The number of anilines is 1. The fourth-order valence-electron chi connectivity index (χ4n) is 1.72. The number of hydrogen-bond acceptors (Lipinski definition) is 4. The molecule has 1 unspecified atom stereocenters. The van der Waals surface area contributed by atoms with Crippen molar-refractivity contribution in [2.24, 2.45) is 5.73 Å². The first-order chi connectivity index (χ1) is 8.86. The number of carbonyl (C=O) groups is 2. The highest BCUT2D eigenvalue weighted by molar-refractivity contribution is 5.98. The Morgan fingerprint density at radius 1 is 1.47 bits per heavy atom. The molecule has 0 saturated carbocycles. The van der Waals surface area contributed by atoms with Gasteiger partial charge in [0.05, 0.1) is 19.6 Å². The number of ether oxygens (including phenoxy) is 1. The monoisotopic (exact) mass is 266 g/mol. The smallest absolute Gasteiger partial charge is 0.305 e. The van der Waals surface area contributed by atoms with E-state index in [1.54, 1.807) is 32.4 Å². The van der Waals surface area contributed by atoms with Gasteiger partial charge in [-0.2, -0.15) is 0 Å². The van der Waals surface area contributed by atoms with Gasteiger partial charge in [-0.05, 0) is 30.7 Å². The van der Waals surface area contributed by atoms with Crippen molar-refractivity contribution in [3.05, 3.63) is 23.8 Å². The first-order valence-electron chi connectivity index (χ1n) is 5.76. The Morgan fingerprint density at radius 2 is 2.11 bits per heavy atom. The number of carbonyl (C=O) groups excluding carboxylic acids is 1. The number of aryl methyl sites for hydroxylation is 1. The van der Waals surface area contributed by atoms with Crippen LogP contribution >= 0.6 is 0 Å². The third-order valence-corrected chi connectivity index (χ3v) is 2.81. The molecule has 3 N–H and O–H groups in total. The number of amides is 1. The number of rotatable bonds is 5. The van der Waals surface area contributed by atoms with E-state index in [4.69, 9.17) is 15.6 Å². The van der Waals surface area contributed by atoms with E-state index in [0.29, 0.717) is 5.69 Å². The van der Waals surface area contributed by atoms with E-state index >= 15 is 0 Å². The van der Waals surface area contributed by atoms with E-state index < -0.39 is 24.3 Å². The molecule has 0 heterocycles. The van der Waals surface area contributed by atoms with Gasteiger partial charge in [0.25, 0.3) is 0 Å². The van der Waals surface area contributed by atoms with E-state index in [-0.39, 0.29) is 0 Å². The van der Waals surface area contributed by atoms with Crippen LogP contribution in [-0.4, -0.2) is 37.2 Å². The molecule has 0 fully saturated rings. The predicted molar refractivity (Wildman–Crippen MR) is 71.4 cm³/mol. The molecular weight excluding hydrogens is 248 g/mol. The van der Waals surface area contributed by atoms with Crippen LogP contribution in [0.5, 0.6) is 5.75 Å². The van der Waals surface area contributed by atoms with E-state index in [1.165, 1.54) is 4.90 Å². The van der Waals surface area contributed by atoms with Crippen LogP contribution in [0.15, 0.2) is 18.2 Å². The van der Waals surface area contributed by atoms with E-state index in [9.17, 15) is 9.59 Å². The second kappa shape index (κ2) is 6.19. The minimum atomic E-state index is -1.10. The number of aliphatic carboxylic acids is 1. The lowest BCUT2D eigenvalue weighted by molar-refractivity contribution is -0.139. The number of benzene rings is 1. The summed E-state index contributed by atoms with van der Waals surface area (Å²) in [6, 6.07) is 4.20. The minimum absolute atomic E-state index is 0.391. The van der Waals surface area contributed by atoms with Crippen LogP contribution in [0.2, 0.25) is 0 Å². The first kappa shape index (κ1) is 15.0. The zero-order chi connectivity index (χ0) is 14.6. The van der Waals surface area contributed by atoms with Crippen LogP contribution in [0.1, 0.15) is 12.0 Å². The SMILES string of the molecule is COc1ccc(N(C)C(=O)C(N)CC(=O)O)cc1C. The fraction of sp³-hybridized carbons (Fsp3) is 0.385. The number of methoxy groups -OCH3 is 1. The molecular formula is C13H18N2O4. The second-order valence-corrected chi connectivity index (χ2v) is 4.26. The summed E-state index contributed by atoms with van der Waals surface area (Å²) in [6.45, 7) is 1.86. The van der Waals surface area contributed by atoms with Gasteiger partial charge in [-0.3, -0.25) is 9.59 Å². The Hall–Kier alpha value is -2.08. The molecule has 1 rings (SSSR count). The summed E-state index contributed by atoms with van der Waals surface area (Å²) in [5.41, 5.74) is 7.08. The number of nitrogens with zero attached hydrogens (tertiary/aromatic N) is 1. The predicted octanol–water partition coefficient (Wildman–Crippen LogP) is 0.768. The van der Waals surface area contributed by atoms with Gasteiger partial charge in [-0.1, -0.05) is 0 Å². The van der Waals surface area contributed by atoms with Crippen molar-refractivity contribution in [3.8, 4) is 5.75 Å². The van der Waals surface area contributed by atoms with Crippen LogP contribution in [0.25, 0.3) is 0 Å². The van der Waals surface area contributed by atoms with Crippen LogP contribution in [0.3, 0.4) is 0 Å². The Bertz CT molecular complexity index is 488. The summed E-state index contributed by atoms with van der Waals surface area (Å²) >= 11 is 0. The van der Waals surface area contributed by atoms with Gasteiger partial charge >= 0.3 is 5.97 Å². The summed E-state index contributed by atoms with van der Waals surface area (Å²) in [5, 5.41) is 8.63. The second-order valence-electron chi connectivity index (χ2n) is 4.26. The fourth-order valence-corrected chi connectivity index (χ4v) is 1.72. The summed E-state index contributed by atoms with van der Waals surface area (Å²) in [7, 11) is 3.13. The average Bonchev–Trinajstić information content (AvgIpc) is 2.36. The molecule has 1 atom stereocenters. The molecule has 1 amide bonds. The van der Waals surface area contributed by atoms with E-state index in [0.717, 1.165) is 11.3 Å². The largest absolute Gasteiger partial charge is 0.496 e. The molecule has 19 heavy (non-hydrogen) atoms. The molecule has 0 bridgehead atoms. The van der Waals surface area contributed by atoms with Gasteiger partial charge < -0.3 is 20.5 Å². The molecule has 0 saturated heterocycles. The van der Waals surface area contributed by atoms with Crippen molar-refractivity contribution < 1.29 is 19.4 Å². The van der Waals surface area contributed by atoms with Crippen molar-refractivity contribution in [1.82, 2.24) is 0 Å². The van der Waals surface area contributed by atoms with Crippen molar-refractivity contribution >= 4 is 17.6 Å². The summed E-state index contributed by atoms with van der Waals surface area (Å²) in [5.74, 6) is -0.813. The van der Waals surface area contributed by atoms with E-state index in [1.807, 2.05) is 6.92 Å². The molecule has 1 aromatic carbocycles. The zero-order valence-corrected chi connectivity index (χ0v) is 11.2. The number of hydrogen-bond donors (Lipinski definition) is 2. The van der Waals surface area contributed by atoms with Crippen LogP contribution in [-0.2, 0) is 9.59 Å². The molecule has 0 aliphatic heterocycles. The van der Waals surface area contributed by atoms with Crippen molar-refractivity contribution in [1.29, 1.82) is 0 Å². The summed E-state index contributed by atoms with van der Waals surface area (Å²) < 4.78 is 5.13. The number of likely N-dealkylation sites (N-methyl/N-ethyl adjacent to an activating group) is 1. The lowest BCUT2D eigenvalue weighted by Gasteiger charge is -2.21. The molecule has 0 aromatic heterocycles. The minimum Gasteiger partial charge on any atom is -0.496 e. The first-order valence-corrected chi connectivity index (χ1v) is 5.76. The maximum absolute atomic E-state index is 12.0. The molecule has 6 nitrogen and oxygen atoms in total. The molecule has 0 radical (unpaired) electrons. The summed E-state index contributed by atoms with van der Waals surface area (Å²) in [6.07, 6.45) is -0.391. The number of carboxylic acids is 1. The Labute approximate surface area is 111 Å². The molecule has 104 valence electrons. The van der Waals surface area contributed by atoms with Crippen molar-refractivity contribution in [3.63, 3.8) is 0 Å². The lowest BCUT2D eigenvalue weighted by Crippen LogP contribution is -2.43. The summed E-state index contributed by atoms with van der Waals surface area (Å²) in [4.78, 5) is 23.8. The quantitative estimate of drug-likeness (QED) is 0.821. The van der Waals surface area contributed by atoms with Crippen LogP contribution in [0, 0.1) is 6.92 Å². The molecule has 6 heteroatoms. The Morgan fingerprint density at radius 3 is 2.58 bits per heavy atom. The highest BCUT2D eigenvalue weighted by atomic mass is 16.5. The topological polar surface area (TPSA) is 92.9 Å². The number of nitrogens with two attached hydrogens (primary N) is 1. The Kier molecular flexibility index (Phi) is 4.88. The standard InChI is InChI=1S/C13H18N2O4/c1-8-6-9(4-5-11(8)19-3)15(2)13(18)10(14)7-12(16)17/h4-6,10H,7,14H2,1-3H3,(H,16,17). The van der Waals surface area contributed by atoms with Gasteiger partial charge in [0.1, 0.15) is 5.75 Å². The molecule has 0 spiro atoms. The third-order valence-electron chi connectivity index (χ3n) is 2.81. The molecule has 0 aliphatic carbocycles. The van der Waals surface area contributed by atoms with Gasteiger partial charge in [-0.15, -0.1) is 0 Å². The maximum atomic E-state index is 12.0. The van der Waals surface area contributed by atoms with Gasteiger partial charge in [0.2, 0.25) is 5.91 Å². The number of carboxylic acid groups (broad SMARTS) is 1. The Balaban J connectivity index is 2.87. The highest BCUT2D eigenvalue weighted by Gasteiger charge is 2.22. The highest BCUT2D eigenvalue weighted by Crippen LogP contribution is 2.23. The van der Waals surface area contributed by atoms with E-state index in [2.05, 4.69) is 0 Å². The third kappa shape index (κ3) is 3.69. The average molecular weight is 266 g/mol. The van der Waals surface area contributed by atoms with Gasteiger partial charge in [0, 0.05) is 12.7 Å². The van der Waals surface area contributed by atoms with Crippen LogP contribution < -0.4 is 15.4 Å². The normalized spacial score (nSPS) is 11.8. The van der Waals surface area contributed by atoms with Crippen LogP contribution in [0.4, 0.5) is 5.69 Å². The van der Waals surface area contributed by atoms with Crippen molar-refractivity contribution in [2.75, 3.05) is 19.1 Å². The zero-order valence-electron chi connectivity index (χ0n) is 11.2. The van der Waals surface area contributed by atoms with Gasteiger partial charge in [0.15, 0.2) is 0 Å².